The minimum atomic E-state index is -1.07. The minimum absolute atomic E-state index is 0.247. The number of carbonyl (C=O) groups is 3. The second-order valence-corrected chi connectivity index (χ2v) is 6.61. The van der Waals surface area contributed by atoms with Crippen LogP contribution in [0.25, 0.3) is 0 Å². The van der Waals surface area contributed by atoms with Crippen molar-refractivity contribution in [3.63, 3.8) is 0 Å². The van der Waals surface area contributed by atoms with Gasteiger partial charge in [-0.15, -0.1) is 0 Å². The molecule has 2 heterocycles. The number of anilines is 1. The summed E-state index contributed by atoms with van der Waals surface area (Å²) in [6.07, 6.45) is 2.18. The van der Waals surface area contributed by atoms with Crippen molar-refractivity contribution in [3.8, 4) is 0 Å². The number of imide groups is 1. The van der Waals surface area contributed by atoms with E-state index in [4.69, 9.17) is 4.52 Å². The Labute approximate surface area is 149 Å². The van der Waals surface area contributed by atoms with Gasteiger partial charge >= 0.3 is 6.03 Å². The van der Waals surface area contributed by atoms with Crippen LogP contribution in [-0.4, -0.2) is 34.4 Å². The van der Waals surface area contributed by atoms with Crippen LogP contribution in [0.3, 0.4) is 0 Å². The van der Waals surface area contributed by atoms with Crippen molar-refractivity contribution in [2.45, 2.75) is 31.7 Å². The number of rotatable bonds is 3. The monoisotopic (exact) mass is 354 g/mol. The highest BCUT2D eigenvalue weighted by Crippen LogP contribution is 2.39. The summed E-state index contributed by atoms with van der Waals surface area (Å²) in [6, 6.07) is 8.62. The van der Waals surface area contributed by atoms with Crippen LogP contribution in [0, 0.1) is 6.92 Å². The highest BCUT2D eigenvalue weighted by atomic mass is 16.5. The molecule has 0 bridgehead atoms. The van der Waals surface area contributed by atoms with Crippen molar-refractivity contribution in [2.24, 2.45) is 0 Å². The number of carbonyl (C=O) groups excluding carboxylic acids is 3. The normalized spacial score (nSPS) is 21.7. The van der Waals surface area contributed by atoms with Crippen LogP contribution >= 0.6 is 0 Å². The SMILES string of the molecule is Cc1cc(NC(=O)CN2C(=O)N[C@@]3(CCCc4ccccc43)C2=O)no1. The molecule has 0 unspecified atom stereocenters. The Morgan fingerprint density at radius 2 is 2.19 bits per heavy atom. The van der Waals surface area contributed by atoms with E-state index in [1.54, 1.807) is 13.0 Å². The molecule has 1 aliphatic carbocycles. The van der Waals surface area contributed by atoms with E-state index >= 15 is 0 Å². The number of urea groups is 1. The number of nitrogens with one attached hydrogen (secondary N) is 2. The topological polar surface area (TPSA) is 105 Å². The quantitative estimate of drug-likeness (QED) is 0.817. The molecule has 1 aromatic carbocycles. The Morgan fingerprint density at radius 3 is 2.96 bits per heavy atom. The summed E-state index contributed by atoms with van der Waals surface area (Å²) in [5, 5.41) is 9.02. The summed E-state index contributed by atoms with van der Waals surface area (Å²) < 4.78 is 4.88. The van der Waals surface area contributed by atoms with Gasteiger partial charge in [0.15, 0.2) is 5.82 Å². The fourth-order valence-electron chi connectivity index (χ4n) is 3.71. The minimum Gasteiger partial charge on any atom is -0.360 e. The molecule has 1 spiro atoms. The predicted octanol–water partition coefficient (Wildman–Crippen LogP) is 1.71. The van der Waals surface area contributed by atoms with Gasteiger partial charge in [-0.3, -0.25) is 14.5 Å². The molecule has 2 aromatic rings. The number of amides is 4. The lowest BCUT2D eigenvalue weighted by Crippen LogP contribution is -2.47. The summed E-state index contributed by atoms with van der Waals surface area (Å²) in [5.41, 5.74) is 0.799. The second-order valence-electron chi connectivity index (χ2n) is 6.61. The van der Waals surface area contributed by atoms with Gasteiger partial charge < -0.3 is 15.2 Å². The molecular formula is C18H18N4O4. The first-order valence-electron chi connectivity index (χ1n) is 8.45. The average molecular weight is 354 g/mol. The van der Waals surface area contributed by atoms with Gasteiger partial charge in [0, 0.05) is 6.07 Å². The molecule has 0 saturated carbocycles. The van der Waals surface area contributed by atoms with E-state index in [1.165, 1.54) is 0 Å². The third-order valence-electron chi connectivity index (χ3n) is 4.85. The summed E-state index contributed by atoms with van der Waals surface area (Å²) in [7, 11) is 0. The van der Waals surface area contributed by atoms with Crippen molar-refractivity contribution in [1.82, 2.24) is 15.4 Å². The molecule has 26 heavy (non-hydrogen) atoms. The highest BCUT2D eigenvalue weighted by Gasteiger charge is 2.54. The van der Waals surface area contributed by atoms with E-state index in [0.29, 0.717) is 12.2 Å². The third kappa shape index (κ3) is 2.54. The average Bonchev–Trinajstić information content (AvgIpc) is 3.12. The lowest BCUT2D eigenvalue weighted by Gasteiger charge is -2.33. The number of nitrogens with zero attached hydrogens (tertiary/aromatic N) is 2. The van der Waals surface area contributed by atoms with Crippen molar-refractivity contribution in [3.05, 3.63) is 47.2 Å². The Balaban J connectivity index is 1.56. The van der Waals surface area contributed by atoms with Crippen LogP contribution in [-0.2, 0) is 21.5 Å². The van der Waals surface area contributed by atoms with Crippen LogP contribution in [0.15, 0.2) is 34.9 Å². The molecule has 4 rings (SSSR count). The van der Waals surface area contributed by atoms with Gasteiger partial charge in [-0.2, -0.15) is 0 Å². The molecule has 8 heteroatoms. The fourth-order valence-corrected chi connectivity index (χ4v) is 3.71. The first kappa shape index (κ1) is 16.3. The smallest absolute Gasteiger partial charge is 0.325 e. The number of benzene rings is 1. The summed E-state index contributed by atoms with van der Waals surface area (Å²) in [6.45, 7) is 1.32. The maximum absolute atomic E-state index is 13.1. The Bertz CT molecular complexity index is 906. The van der Waals surface area contributed by atoms with Crippen LogP contribution in [0.5, 0.6) is 0 Å². The molecule has 0 radical (unpaired) electrons. The van der Waals surface area contributed by atoms with Crippen LogP contribution in [0.4, 0.5) is 10.6 Å². The lowest BCUT2D eigenvalue weighted by atomic mass is 9.76. The van der Waals surface area contributed by atoms with Gasteiger partial charge in [-0.25, -0.2) is 4.79 Å². The lowest BCUT2D eigenvalue weighted by molar-refractivity contribution is -0.134. The van der Waals surface area contributed by atoms with Crippen molar-refractivity contribution in [1.29, 1.82) is 0 Å². The van der Waals surface area contributed by atoms with E-state index in [9.17, 15) is 14.4 Å². The van der Waals surface area contributed by atoms with Gasteiger partial charge in [0.2, 0.25) is 5.91 Å². The Kier molecular flexibility index (Phi) is 3.75. The van der Waals surface area contributed by atoms with Gasteiger partial charge in [0.25, 0.3) is 5.91 Å². The van der Waals surface area contributed by atoms with E-state index in [1.807, 2.05) is 24.3 Å². The van der Waals surface area contributed by atoms with Crippen molar-refractivity contribution >= 4 is 23.7 Å². The molecule has 4 amide bonds. The molecule has 134 valence electrons. The maximum atomic E-state index is 13.1. The van der Waals surface area contributed by atoms with Crippen LogP contribution in [0.2, 0.25) is 0 Å². The van der Waals surface area contributed by atoms with Gasteiger partial charge in [0.05, 0.1) is 0 Å². The first-order valence-corrected chi connectivity index (χ1v) is 8.45. The molecular weight excluding hydrogens is 336 g/mol. The molecule has 2 N–H and O–H groups in total. The van der Waals surface area contributed by atoms with E-state index in [0.717, 1.165) is 28.9 Å². The molecule has 2 aliphatic rings. The van der Waals surface area contributed by atoms with E-state index in [2.05, 4.69) is 15.8 Å². The summed E-state index contributed by atoms with van der Waals surface area (Å²) >= 11 is 0. The molecule has 1 aromatic heterocycles. The molecule has 1 fully saturated rings. The Hall–Kier alpha value is -3.16. The number of aryl methyl sites for hydroxylation is 2. The molecule has 1 aliphatic heterocycles. The van der Waals surface area contributed by atoms with Crippen molar-refractivity contribution < 1.29 is 18.9 Å². The van der Waals surface area contributed by atoms with Crippen LogP contribution < -0.4 is 10.6 Å². The van der Waals surface area contributed by atoms with Crippen molar-refractivity contribution in [2.75, 3.05) is 11.9 Å². The van der Waals surface area contributed by atoms with Gasteiger partial charge in [-0.05, 0) is 37.3 Å². The predicted molar refractivity (Wildman–Crippen MR) is 91.2 cm³/mol. The summed E-state index contributed by atoms with van der Waals surface area (Å²) in [4.78, 5) is 38.7. The Morgan fingerprint density at radius 1 is 1.38 bits per heavy atom. The number of fused-ring (bicyclic) bond motifs is 2. The summed E-state index contributed by atoms with van der Waals surface area (Å²) in [5.74, 6) is -0.102. The van der Waals surface area contributed by atoms with Crippen LogP contribution in [0.1, 0.15) is 29.7 Å². The highest BCUT2D eigenvalue weighted by molar-refractivity contribution is 6.10. The largest absolute Gasteiger partial charge is 0.360 e. The standard InChI is InChI=1S/C18H18N4O4/c1-11-9-14(21-26-11)19-15(23)10-22-16(24)18(20-17(22)25)8-4-6-12-5-2-3-7-13(12)18/h2-3,5,7,9H,4,6,8,10H2,1H3,(H,20,25)(H,19,21,23)/t18-/m1/s1. The molecule has 1 atom stereocenters. The zero-order valence-corrected chi connectivity index (χ0v) is 14.2. The van der Waals surface area contributed by atoms with E-state index < -0.39 is 17.5 Å². The molecule has 1 saturated heterocycles. The first-order chi connectivity index (χ1) is 12.5. The maximum Gasteiger partial charge on any atom is 0.325 e. The molecule has 8 nitrogen and oxygen atoms in total. The number of hydrogen-bond donors (Lipinski definition) is 2. The fraction of sp³-hybridized carbons (Fsp3) is 0.333. The third-order valence-corrected chi connectivity index (χ3v) is 4.85. The zero-order valence-electron chi connectivity index (χ0n) is 14.2. The second kappa shape index (κ2) is 5.98. The number of hydrogen-bond acceptors (Lipinski definition) is 5. The van der Waals surface area contributed by atoms with Gasteiger partial charge in [-0.1, -0.05) is 29.4 Å². The van der Waals surface area contributed by atoms with E-state index in [-0.39, 0.29) is 18.3 Å². The zero-order chi connectivity index (χ0) is 18.3. The number of aromatic nitrogens is 1. The van der Waals surface area contributed by atoms with Gasteiger partial charge in [0.1, 0.15) is 17.8 Å².